The van der Waals surface area contributed by atoms with Crippen molar-refractivity contribution in [2.24, 2.45) is 0 Å². The molecule has 3 heteroatoms. The number of carbonyl (C=O) groups excluding carboxylic acids is 1. The standard InChI is InChI=1S/C18H18BrNO/c1-3-20-17-8-7-14(19)11-15(17)16(18(20)21)10-13-6-4-5-12(2)9-13/h4-9,11,16H,3,10H2,1-2H3/t16-/m1/s1. The minimum atomic E-state index is -0.0701. The minimum absolute atomic E-state index is 0.0701. The Hall–Kier alpha value is -1.61. The summed E-state index contributed by atoms with van der Waals surface area (Å²) < 4.78 is 1.03. The average Bonchev–Trinajstić information content (AvgIpc) is 2.71. The average molecular weight is 344 g/mol. The van der Waals surface area contributed by atoms with Crippen molar-refractivity contribution < 1.29 is 4.79 Å². The predicted molar refractivity (Wildman–Crippen MR) is 89.8 cm³/mol. The highest BCUT2D eigenvalue weighted by Gasteiger charge is 2.36. The summed E-state index contributed by atoms with van der Waals surface area (Å²) in [7, 11) is 0. The van der Waals surface area contributed by atoms with E-state index in [-0.39, 0.29) is 11.8 Å². The van der Waals surface area contributed by atoms with Gasteiger partial charge in [-0.1, -0.05) is 45.8 Å². The van der Waals surface area contributed by atoms with Gasteiger partial charge in [-0.25, -0.2) is 0 Å². The van der Waals surface area contributed by atoms with E-state index in [2.05, 4.69) is 53.2 Å². The van der Waals surface area contributed by atoms with Gasteiger partial charge in [0.05, 0.1) is 5.92 Å². The van der Waals surface area contributed by atoms with Crippen LogP contribution in [0.15, 0.2) is 46.9 Å². The molecule has 0 spiro atoms. The normalized spacial score (nSPS) is 17.2. The van der Waals surface area contributed by atoms with Crippen molar-refractivity contribution in [2.75, 3.05) is 11.4 Å². The van der Waals surface area contributed by atoms with E-state index < -0.39 is 0 Å². The lowest BCUT2D eigenvalue weighted by Gasteiger charge is -2.15. The molecule has 1 atom stereocenters. The molecule has 0 saturated carbocycles. The van der Waals surface area contributed by atoms with Crippen molar-refractivity contribution in [2.45, 2.75) is 26.2 Å². The zero-order valence-electron chi connectivity index (χ0n) is 12.3. The maximum Gasteiger partial charge on any atom is 0.234 e. The van der Waals surface area contributed by atoms with E-state index in [0.717, 1.165) is 28.7 Å². The van der Waals surface area contributed by atoms with Crippen LogP contribution in [0.4, 0.5) is 5.69 Å². The highest BCUT2D eigenvalue weighted by atomic mass is 79.9. The lowest BCUT2D eigenvalue weighted by molar-refractivity contribution is -0.119. The lowest BCUT2D eigenvalue weighted by Crippen LogP contribution is -2.29. The second-order valence-electron chi connectivity index (χ2n) is 5.53. The highest BCUT2D eigenvalue weighted by Crippen LogP contribution is 2.40. The second kappa shape index (κ2) is 5.64. The van der Waals surface area contributed by atoms with E-state index in [0.29, 0.717) is 0 Å². The minimum Gasteiger partial charge on any atom is -0.312 e. The molecule has 1 amide bonds. The zero-order valence-corrected chi connectivity index (χ0v) is 13.9. The first-order valence-electron chi connectivity index (χ1n) is 7.26. The molecule has 3 rings (SSSR count). The van der Waals surface area contributed by atoms with E-state index in [9.17, 15) is 4.79 Å². The molecule has 0 saturated heterocycles. The number of fused-ring (bicyclic) bond motifs is 1. The number of likely N-dealkylation sites (N-methyl/N-ethyl adjacent to an activating group) is 1. The molecule has 2 aromatic rings. The zero-order chi connectivity index (χ0) is 15.0. The molecule has 1 heterocycles. The maximum absolute atomic E-state index is 12.7. The third kappa shape index (κ3) is 2.62. The van der Waals surface area contributed by atoms with E-state index in [1.54, 1.807) is 0 Å². The van der Waals surface area contributed by atoms with Crippen molar-refractivity contribution in [3.05, 3.63) is 63.6 Å². The number of rotatable bonds is 3. The number of hydrogen-bond acceptors (Lipinski definition) is 1. The van der Waals surface area contributed by atoms with Gasteiger partial charge in [0.1, 0.15) is 0 Å². The summed E-state index contributed by atoms with van der Waals surface area (Å²) in [5, 5.41) is 0. The maximum atomic E-state index is 12.7. The van der Waals surface area contributed by atoms with Crippen LogP contribution in [0.25, 0.3) is 0 Å². The molecular formula is C18H18BrNO. The van der Waals surface area contributed by atoms with Crippen molar-refractivity contribution in [1.29, 1.82) is 0 Å². The number of amides is 1. The molecule has 0 bridgehead atoms. The lowest BCUT2D eigenvalue weighted by atomic mass is 9.93. The van der Waals surface area contributed by atoms with Gasteiger partial charge >= 0.3 is 0 Å². The molecule has 0 aliphatic carbocycles. The summed E-state index contributed by atoms with van der Waals surface area (Å²) in [6, 6.07) is 14.5. The van der Waals surface area contributed by atoms with Crippen molar-refractivity contribution >= 4 is 27.5 Å². The summed E-state index contributed by atoms with van der Waals surface area (Å²) >= 11 is 3.52. The third-order valence-corrected chi connectivity index (χ3v) is 4.55. The monoisotopic (exact) mass is 343 g/mol. The Bertz CT molecular complexity index is 695. The first kappa shape index (κ1) is 14.3. The second-order valence-corrected chi connectivity index (χ2v) is 6.45. The Kier molecular flexibility index (Phi) is 3.85. The number of benzene rings is 2. The van der Waals surface area contributed by atoms with E-state index in [1.807, 2.05) is 24.0 Å². The van der Waals surface area contributed by atoms with E-state index in [4.69, 9.17) is 0 Å². The van der Waals surface area contributed by atoms with Gasteiger partial charge in [0.15, 0.2) is 0 Å². The van der Waals surface area contributed by atoms with Crippen LogP contribution >= 0.6 is 15.9 Å². The molecule has 2 aromatic carbocycles. The number of nitrogens with zero attached hydrogens (tertiary/aromatic N) is 1. The Balaban J connectivity index is 1.99. The van der Waals surface area contributed by atoms with Gasteiger partial charge in [-0.15, -0.1) is 0 Å². The summed E-state index contributed by atoms with van der Waals surface area (Å²) in [6.07, 6.45) is 0.764. The number of halogens is 1. The molecule has 108 valence electrons. The summed E-state index contributed by atoms with van der Waals surface area (Å²) in [4.78, 5) is 14.6. The number of carbonyl (C=O) groups is 1. The molecule has 0 fully saturated rings. The van der Waals surface area contributed by atoms with Gasteiger partial charge in [-0.3, -0.25) is 4.79 Å². The summed E-state index contributed by atoms with van der Waals surface area (Å²) in [5.74, 6) is 0.145. The van der Waals surface area contributed by atoms with E-state index in [1.165, 1.54) is 11.1 Å². The topological polar surface area (TPSA) is 20.3 Å². The SMILES string of the molecule is CCN1C(=O)[C@H](Cc2cccc(C)c2)c2cc(Br)ccc21. The number of hydrogen-bond donors (Lipinski definition) is 0. The summed E-state index contributed by atoms with van der Waals surface area (Å²) in [5.41, 5.74) is 4.65. The smallest absolute Gasteiger partial charge is 0.234 e. The molecule has 1 aliphatic rings. The highest BCUT2D eigenvalue weighted by molar-refractivity contribution is 9.10. The quantitative estimate of drug-likeness (QED) is 0.806. The van der Waals surface area contributed by atoms with Gasteiger partial charge < -0.3 is 4.90 Å². The Morgan fingerprint density at radius 2 is 2.00 bits per heavy atom. The van der Waals surface area contributed by atoms with Gasteiger partial charge in [-0.05, 0) is 49.6 Å². The third-order valence-electron chi connectivity index (χ3n) is 4.06. The predicted octanol–water partition coefficient (Wildman–Crippen LogP) is 4.45. The first-order chi connectivity index (χ1) is 10.1. The fourth-order valence-electron chi connectivity index (χ4n) is 3.09. The Labute approximate surface area is 133 Å². The van der Waals surface area contributed by atoms with Crippen molar-refractivity contribution in [3.8, 4) is 0 Å². The van der Waals surface area contributed by atoms with Crippen LogP contribution in [0, 0.1) is 6.92 Å². The van der Waals surface area contributed by atoms with Gasteiger partial charge in [-0.2, -0.15) is 0 Å². The summed E-state index contributed by atoms with van der Waals surface area (Å²) in [6.45, 7) is 4.83. The molecular weight excluding hydrogens is 326 g/mol. The fourth-order valence-corrected chi connectivity index (χ4v) is 3.47. The van der Waals surface area contributed by atoms with Crippen LogP contribution in [-0.2, 0) is 11.2 Å². The van der Waals surface area contributed by atoms with Crippen molar-refractivity contribution in [3.63, 3.8) is 0 Å². The van der Waals surface area contributed by atoms with Gasteiger partial charge in [0, 0.05) is 16.7 Å². The van der Waals surface area contributed by atoms with Gasteiger partial charge in [0.25, 0.3) is 0 Å². The van der Waals surface area contributed by atoms with Crippen LogP contribution < -0.4 is 4.90 Å². The molecule has 21 heavy (non-hydrogen) atoms. The molecule has 2 nitrogen and oxygen atoms in total. The fraction of sp³-hybridized carbons (Fsp3) is 0.278. The largest absolute Gasteiger partial charge is 0.312 e. The van der Waals surface area contributed by atoms with Gasteiger partial charge in [0.2, 0.25) is 5.91 Å². The van der Waals surface area contributed by atoms with Crippen LogP contribution in [0.2, 0.25) is 0 Å². The van der Waals surface area contributed by atoms with Crippen molar-refractivity contribution in [1.82, 2.24) is 0 Å². The number of anilines is 1. The Morgan fingerprint density at radius 3 is 2.71 bits per heavy atom. The number of aryl methyl sites for hydroxylation is 1. The van der Waals surface area contributed by atoms with Crippen LogP contribution in [0.1, 0.15) is 29.5 Å². The van der Waals surface area contributed by atoms with E-state index >= 15 is 0 Å². The Morgan fingerprint density at radius 1 is 1.19 bits per heavy atom. The molecule has 0 N–H and O–H groups in total. The van der Waals surface area contributed by atoms with Crippen LogP contribution in [0.3, 0.4) is 0 Å². The van der Waals surface area contributed by atoms with Crippen LogP contribution in [0.5, 0.6) is 0 Å². The first-order valence-corrected chi connectivity index (χ1v) is 8.06. The molecule has 0 radical (unpaired) electrons. The molecule has 0 unspecified atom stereocenters. The molecule has 1 aliphatic heterocycles. The van der Waals surface area contributed by atoms with Crippen LogP contribution in [-0.4, -0.2) is 12.5 Å². The molecule has 0 aromatic heterocycles.